The first kappa shape index (κ1) is 35.0. The molecule has 0 aliphatic carbocycles. The number of amides is 2. The van der Waals surface area contributed by atoms with Gasteiger partial charge in [-0.05, 0) is 79.4 Å². The van der Waals surface area contributed by atoms with Gasteiger partial charge in [0.1, 0.15) is 18.4 Å². The minimum atomic E-state index is -4.37. The number of methoxy groups -OCH3 is 2. The van der Waals surface area contributed by atoms with Gasteiger partial charge < -0.3 is 19.7 Å². The van der Waals surface area contributed by atoms with Gasteiger partial charge in [-0.3, -0.25) is 13.9 Å². The predicted molar refractivity (Wildman–Crippen MR) is 180 cm³/mol. The number of halogens is 1. The minimum Gasteiger partial charge on any atom is -0.493 e. The van der Waals surface area contributed by atoms with E-state index in [4.69, 9.17) is 9.47 Å². The summed E-state index contributed by atoms with van der Waals surface area (Å²) in [4.78, 5) is 29.4. The average Bonchev–Trinajstić information content (AvgIpc) is 3.05. The molecule has 4 aromatic carbocycles. The Morgan fingerprint density at radius 1 is 0.830 bits per heavy atom. The monoisotopic (exact) mass is 661 g/mol. The summed E-state index contributed by atoms with van der Waals surface area (Å²) in [6, 6.07) is 23.4. The Kier molecular flexibility index (Phi) is 11.6. The molecule has 0 saturated heterocycles. The van der Waals surface area contributed by atoms with E-state index in [0.29, 0.717) is 17.9 Å². The highest BCUT2D eigenvalue weighted by Gasteiger charge is 2.35. The molecule has 0 fully saturated rings. The standard InChI is InChI=1S/C36H40FN3O6S/c1-6-38-36(42)32(21-27-10-8-7-9-11-27)39(23-28-12-14-29(37)15-13-28)35(41)24-40(30-19-25(2)18-26(3)20-30)47(43,44)31-16-17-33(45-4)34(22-31)46-5/h7-20,22,32H,6,21,23-24H2,1-5H3,(H,38,42). The number of nitrogens with one attached hydrogen (secondary N) is 1. The highest BCUT2D eigenvalue weighted by molar-refractivity contribution is 7.92. The Bertz CT molecular complexity index is 1780. The summed E-state index contributed by atoms with van der Waals surface area (Å²) in [7, 11) is -1.52. The first-order valence-corrected chi connectivity index (χ1v) is 16.6. The fraction of sp³-hybridized carbons (Fsp3) is 0.278. The van der Waals surface area contributed by atoms with E-state index in [-0.39, 0.29) is 29.3 Å². The van der Waals surface area contributed by atoms with Crippen LogP contribution in [0.15, 0.2) is 95.9 Å². The maximum Gasteiger partial charge on any atom is 0.264 e. The summed E-state index contributed by atoms with van der Waals surface area (Å²) >= 11 is 0. The van der Waals surface area contributed by atoms with Gasteiger partial charge in [-0.25, -0.2) is 12.8 Å². The van der Waals surface area contributed by atoms with Crippen LogP contribution in [0.5, 0.6) is 11.5 Å². The number of likely N-dealkylation sites (N-methyl/N-ethyl adjacent to an activating group) is 1. The summed E-state index contributed by atoms with van der Waals surface area (Å²) in [5.41, 5.74) is 3.26. The number of carbonyl (C=O) groups is 2. The normalized spacial score (nSPS) is 11.8. The van der Waals surface area contributed by atoms with Crippen molar-refractivity contribution >= 4 is 27.5 Å². The van der Waals surface area contributed by atoms with Gasteiger partial charge in [0.15, 0.2) is 11.5 Å². The molecule has 4 rings (SSSR count). The summed E-state index contributed by atoms with van der Waals surface area (Å²) < 4.78 is 54.4. The molecule has 1 atom stereocenters. The van der Waals surface area contributed by atoms with Crippen LogP contribution in [0.2, 0.25) is 0 Å². The van der Waals surface area contributed by atoms with Crippen molar-refractivity contribution in [3.63, 3.8) is 0 Å². The van der Waals surface area contributed by atoms with Crippen LogP contribution in [0.4, 0.5) is 10.1 Å². The highest BCUT2D eigenvalue weighted by Crippen LogP contribution is 2.33. The first-order chi connectivity index (χ1) is 22.5. The van der Waals surface area contributed by atoms with E-state index in [1.165, 1.54) is 61.6 Å². The number of hydrogen-bond acceptors (Lipinski definition) is 6. The Hall–Kier alpha value is -4.90. The Morgan fingerprint density at radius 2 is 1.47 bits per heavy atom. The second kappa shape index (κ2) is 15.6. The number of sulfonamides is 1. The molecule has 0 aliphatic rings. The molecule has 248 valence electrons. The van der Waals surface area contributed by atoms with Crippen molar-refractivity contribution in [1.29, 1.82) is 0 Å². The number of rotatable bonds is 14. The first-order valence-electron chi connectivity index (χ1n) is 15.2. The predicted octanol–water partition coefficient (Wildman–Crippen LogP) is 5.43. The molecule has 4 aromatic rings. The van der Waals surface area contributed by atoms with E-state index in [1.807, 2.05) is 50.2 Å². The largest absolute Gasteiger partial charge is 0.493 e. The number of carbonyl (C=O) groups excluding carboxylic acids is 2. The van der Waals surface area contributed by atoms with Crippen molar-refractivity contribution in [2.75, 3.05) is 31.6 Å². The number of ether oxygens (including phenoxy) is 2. The SMILES string of the molecule is CCNC(=O)C(Cc1ccccc1)N(Cc1ccc(F)cc1)C(=O)CN(c1cc(C)cc(C)c1)S(=O)(=O)c1ccc(OC)c(OC)c1. The van der Waals surface area contributed by atoms with Gasteiger partial charge in [0.2, 0.25) is 11.8 Å². The molecule has 0 radical (unpaired) electrons. The number of anilines is 1. The third-order valence-electron chi connectivity index (χ3n) is 7.60. The van der Waals surface area contributed by atoms with Crippen LogP contribution in [0, 0.1) is 19.7 Å². The second-order valence-corrected chi connectivity index (χ2v) is 13.0. The quantitative estimate of drug-likeness (QED) is 0.193. The molecule has 1 N–H and O–H groups in total. The minimum absolute atomic E-state index is 0.0646. The highest BCUT2D eigenvalue weighted by atomic mass is 32.2. The van der Waals surface area contributed by atoms with Crippen LogP contribution < -0.4 is 19.1 Å². The topological polar surface area (TPSA) is 105 Å². The fourth-order valence-corrected chi connectivity index (χ4v) is 6.77. The molecule has 9 nitrogen and oxygen atoms in total. The van der Waals surface area contributed by atoms with Gasteiger partial charge in [-0.2, -0.15) is 0 Å². The van der Waals surface area contributed by atoms with E-state index in [0.717, 1.165) is 21.0 Å². The number of hydrogen-bond donors (Lipinski definition) is 1. The van der Waals surface area contributed by atoms with E-state index in [2.05, 4.69) is 5.32 Å². The van der Waals surface area contributed by atoms with Crippen LogP contribution in [0.25, 0.3) is 0 Å². The van der Waals surface area contributed by atoms with E-state index in [9.17, 15) is 22.4 Å². The van der Waals surface area contributed by atoms with Crippen LogP contribution in [-0.2, 0) is 32.6 Å². The van der Waals surface area contributed by atoms with E-state index in [1.54, 1.807) is 19.1 Å². The molecule has 2 amide bonds. The number of nitrogens with zero attached hydrogens (tertiary/aromatic N) is 2. The van der Waals surface area contributed by atoms with Gasteiger partial charge in [0.05, 0.1) is 24.8 Å². The number of benzene rings is 4. The van der Waals surface area contributed by atoms with Crippen molar-refractivity contribution in [2.24, 2.45) is 0 Å². The summed E-state index contributed by atoms with van der Waals surface area (Å²) in [5.74, 6) is -0.913. The average molecular weight is 662 g/mol. The summed E-state index contributed by atoms with van der Waals surface area (Å²) in [5, 5.41) is 2.83. The summed E-state index contributed by atoms with van der Waals surface area (Å²) in [6.45, 7) is 5.10. The fourth-order valence-electron chi connectivity index (χ4n) is 5.36. The van der Waals surface area contributed by atoms with E-state index < -0.39 is 40.2 Å². The van der Waals surface area contributed by atoms with Crippen LogP contribution in [0.1, 0.15) is 29.2 Å². The third kappa shape index (κ3) is 8.68. The Morgan fingerprint density at radius 3 is 2.06 bits per heavy atom. The molecule has 0 aromatic heterocycles. The van der Waals surface area contributed by atoms with Crippen LogP contribution in [0.3, 0.4) is 0 Å². The lowest BCUT2D eigenvalue weighted by Crippen LogP contribution is -2.53. The van der Waals surface area contributed by atoms with Gasteiger partial charge >= 0.3 is 0 Å². The molecule has 11 heteroatoms. The smallest absolute Gasteiger partial charge is 0.264 e. The molecular weight excluding hydrogens is 621 g/mol. The Labute approximate surface area is 276 Å². The van der Waals surface area contributed by atoms with Crippen molar-refractivity contribution in [1.82, 2.24) is 10.2 Å². The molecular formula is C36H40FN3O6S. The lowest BCUT2D eigenvalue weighted by molar-refractivity contribution is -0.140. The molecule has 47 heavy (non-hydrogen) atoms. The Balaban J connectivity index is 1.84. The molecule has 0 saturated carbocycles. The van der Waals surface area contributed by atoms with Crippen molar-refractivity contribution < 1.29 is 31.9 Å². The van der Waals surface area contributed by atoms with Gasteiger partial charge in [-0.1, -0.05) is 48.5 Å². The molecule has 0 spiro atoms. The van der Waals surface area contributed by atoms with Gasteiger partial charge in [-0.15, -0.1) is 0 Å². The number of aryl methyl sites for hydroxylation is 2. The van der Waals surface area contributed by atoms with Crippen molar-refractivity contribution in [3.8, 4) is 11.5 Å². The molecule has 0 heterocycles. The van der Waals surface area contributed by atoms with E-state index >= 15 is 0 Å². The van der Waals surface area contributed by atoms with Crippen molar-refractivity contribution in [3.05, 3.63) is 119 Å². The van der Waals surface area contributed by atoms with Crippen LogP contribution in [-0.4, -0.2) is 58.5 Å². The maximum atomic E-state index is 14.5. The molecule has 0 bridgehead atoms. The zero-order valence-corrected chi connectivity index (χ0v) is 28.0. The van der Waals surface area contributed by atoms with Crippen molar-refractivity contribution in [2.45, 2.75) is 44.7 Å². The third-order valence-corrected chi connectivity index (χ3v) is 9.37. The zero-order chi connectivity index (χ0) is 34.1. The lowest BCUT2D eigenvalue weighted by Gasteiger charge is -2.34. The van der Waals surface area contributed by atoms with Gasteiger partial charge in [0, 0.05) is 25.6 Å². The van der Waals surface area contributed by atoms with Gasteiger partial charge in [0.25, 0.3) is 10.0 Å². The molecule has 1 unspecified atom stereocenters. The van der Waals surface area contributed by atoms with Crippen LogP contribution >= 0.6 is 0 Å². The molecule has 0 aliphatic heterocycles. The maximum absolute atomic E-state index is 14.5. The zero-order valence-electron chi connectivity index (χ0n) is 27.2. The lowest BCUT2D eigenvalue weighted by atomic mass is 10.0. The summed E-state index contributed by atoms with van der Waals surface area (Å²) in [6.07, 6.45) is 0.172. The second-order valence-electron chi connectivity index (χ2n) is 11.1.